The van der Waals surface area contributed by atoms with Crippen LogP contribution in [0.5, 0.6) is 5.75 Å². The summed E-state index contributed by atoms with van der Waals surface area (Å²) in [5.41, 5.74) is 2.15. The van der Waals surface area contributed by atoms with E-state index in [2.05, 4.69) is 13.5 Å². The minimum Gasteiger partial charge on any atom is -0.429 e. The maximum atomic E-state index is 14.5. The molecule has 0 aromatic heterocycles. The molecule has 0 atom stereocenters. The summed E-state index contributed by atoms with van der Waals surface area (Å²) in [6.07, 6.45) is 5.14. The lowest BCUT2D eigenvalue weighted by atomic mass is 9.79. The summed E-state index contributed by atoms with van der Waals surface area (Å²) in [6.45, 7) is 5.95. The zero-order chi connectivity index (χ0) is 19.3. The fourth-order valence-corrected chi connectivity index (χ4v) is 3.86. The summed E-state index contributed by atoms with van der Waals surface area (Å²) in [5, 5.41) is 0. The van der Waals surface area contributed by atoms with Gasteiger partial charge in [0, 0.05) is 0 Å². The summed E-state index contributed by atoms with van der Waals surface area (Å²) < 4.78 is 33.9. The van der Waals surface area contributed by atoms with Gasteiger partial charge in [-0.15, -0.1) is 6.58 Å². The number of rotatable bonds is 7. The summed E-state index contributed by atoms with van der Waals surface area (Å²) in [6, 6.07) is 13.6. The van der Waals surface area contributed by atoms with Crippen molar-refractivity contribution < 1.29 is 13.5 Å². The highest BCUT2D eigenvalue weighted by molar-refractivity contribution is 5.31. The molecule has 2 aromatic rings. The van der Waals surface area contributed by atoms with Crippen molar-refractivity contribution in [1.82, 2.24) is 0 Å². The van der Waals surface area contributed by atoms with Crippen LogP contribution in [0.25, 0.3) is 0 Å². The fourth-order valence-electron chi connectivity index (χ4n) is 3.86. The third-order valence-corrected chi connectivity index (χ3v) is 5.53. The van der Waals surface area contributed by atoms with Gasteiger partial charge in [-0.3, -0.25) is 0 Å². The van der Waals surface area contributed by atoms with Crippen LogP contribution in [-0.4, -0.2) is 0 Å². The zero-order valence-electron chi connectivity index (χ0n) is 16.0. The second-order valence-electron chi connectivity index (χ2n) is 7.48. The van der Waals surface area contributed by atoms with Crippen LogP contribution in [0.1, 0.15) is 61.6 Å². The Morgan fingerprint density at radius 3 is 2.19 bits per heavy atom. The smallest absolute Gasteiger partial charge is 0.426 e. The lowest BCUT2D eigenvalue weighted by Crippen LogP contribution is -2.21. The Morgan fingerprint density at radius 2 is 1.63 bits per heavy atom. The van der Waals surface area contributed by atoms with E-state index in [0.717, 1.165) is 44.1 Å². The minimum absolute atomic E-state index is 0.117. The average Bonchev–Trinajstić information content (AvgIpc) is 2.69. The first-order valence-electron chi connectivity index (χ1n) is 9.90. The first kappa shape index (κ1) is 19.6. The average molecular weight is 370 g/mol. The number of benzene rings is 2. The fraction of sp³-hybridized carbons (Fsp3) is 0.417. The molecule has 0 unspecified atom stereocenters. The molecular formula is C24H28F2O. The first-order valence-corrected chi connectivity index (χ1v) is 9.90. The Hall–Kier alpha value is -2.16. The molecule has 2 aromatic carbocycles. The second-order valence-corrected chi connectivity index (χ2v) is 7.48. The van der Waals surface area contributed by atoms with Crippen LogP contribution < -0.4 is 4.74 Å². The van der Waals surface area contributed by atoms with E-state index in [1.165, 1.54) is 17.7 Å². The SMILES string of the molecule is C=CC1CCC(c2ccc(OC(F)(F)c3ccc(CCC)cc3)cc2)CC1. The van der Waals surface area contributed by atoms with Crippen molar-refractivity contribution in [2.45, 2.75) is 57.5 Å². The molecule has 0 aliphatic heterocycles. The highest BCUT2D eigenvalue weighted by atomic mass is 19.3. The molecule has 1 fully saturated rings. The summed E-state index contributed by atoms with van der Waals surface area (Å²) in [4.78, 5) is 0. The van der Waals surface area contributed by atoms with Crippen molar-refractivity contribution in [3.63, 3.8) is 0 Å². The molecule has 0 radical (unpaired) electrons. The molecule has 0 amide bonds. The number of hydrogen-bond acceptors (Lipinski definition) is 1. The lowest BCUT2D eigenvalue weighted by molar-refractivity contribution is -0.185. The van der Waals surface area contributed by atoms with Crippen LogP contribution >= 0.6 is 0 Å². The molecule has 1 aliphatic rings. The minimum atomic E-state index is -3.34. The Kier molecular flexibility index (Phi) is 6.30. The molecule has 1 nitrogen and oxygen atoms in total. The van der Waals surface area contributed by atoms with E-state index < -0.39 is 6.11 Å². The van der Waals surface area contributed by atoms with Gasteiger partial charge in [0.05, 0.1) is 5.56 Å². The van der Waals surface area contributed by atoms with Gasteiger partial charge < -0.3 is 4.74 Å². The van der Waals surface area contributed by atoms with Gasteiger partial charge in [-0.1, -0.05) is 43.7 Å². The van der Waals surface area contributed by atoms with Crippen molar-refractivity contribution in [2.75, 3.05) is 0 Å². The third-order valence-electron chi connectivity index (χ3n) is 5.53. The Morgan fingerprint density at radius 1 is 1.00 bits per heavy atom. The van der Waals surface area contributed by atoms with Crippen LogP contribution in [0.3, 0.4) is 0 Å². The summed E-state index contributed by atoms with van der Waals surface area (Å²) in [7, 11) is 0. The van der Waals surface area contributed by atoms with E-state index in [9.17, 15) is 8.78 Å². The molecular weight excluding hydrogens is 342 g/mol. The van der Waals surface area contributed by atoms with Crippen molar-refractivity contribution in [1.29, 1.82) is 0 Å². The topological polar surface area (TPSA) is 9.23 Å². The Balaban J connectivity index is 1.63. The molecule has 0 saturated heterocycles. The van der Waals surface area contributed by atoms with Crippen LogP contribution in [0.15, 0.2) is 61.2 Å². The van der Waals surface area contributed by atoms with Gasteiger partial charge in [0.15, 0.2) is 0 Å². The molecule has 3 rings (SSSR count). The maximum Gasteiger partial charge on any atom is 0.426 e. The largest absolute Gasteiger partial charge is 0.429 e. The van der Waals surface area contributed by atoms with Crippen LogP contribution in [0.2, 0.25) is 0 Å². The van der Waals surface area contributed by atoms with Crippen LogP contribution in [-0.2, 0) is 12.5 Å². The van der Waals surface area contributed by atoms with E-state index in [-0.39, 0.29) is 11.3 Å². The summed E-state index contributed by atoms with van der Waals surface area (Å²) in [5.74, 6) is 1.31. The van der Waals surface area contributed by atoms with Crippen molar-refractivity contribution in [3.8, 4) is 5.75 Å². The molecule has 3 heteroatoms. The van der Waals surface area contributed by atoms with Gasteiger partial charge in [0.1, 0.15) is 5.75 Å². The number of halogens is 2. The van der Waals surface area contributed by atoms with Crippen LogP contribution in [0, 0.1) is 5.92 Å². The van der Waals surface area contributed by atoms with Gasteiger partial charge in [-0.05, 0) is 79.3 Å². The van der Waals surface area contributed by atoms with Gasteiger partial charge in [-0.25, -0.2) is 0 Å². The molecule has 144 valence electrons. The molecule has 27 heavy (non-hydrogen) atoms. The quantitative estimate of drug-likeness (QED) is 0.467. The van der Waals surface area contributed by atoms with Crippen molar-refractivity contribution >= 4 is 0 Å². The van der Waals surface area contributed by atoms with Crippen molar-refractivity contribution in [3.05, 3.63) is 77.9 Å². The van der Waals surface area contributed by atoms with Gasteiger partial charge in [-0.2, -0.15) is 8.78 Å². The third kappa shape index (κ3) is 4.97. The van der Waals surface area contributed by atoms with E-state index >= 15 is 0 Å². The number of aryl methyl sites for hydroxylation is 1. The number of allylic oxidation sites excluding steroid dienone is 1. The van der Waals surface area contributed by atoms with E-state index in [0.29, 0.717) is 11.8 Å². The van der Waals surface area contributed by atoms with Crippen LogP contribution in [0.4, 0.5) is 8.78 Å². The Labute approximate surface area is 161 Å². The zero-order valence-corrected chi connectivity index (χ0v) is 16.0. The monoisotopic (exact) mass is 370 g/mol. The number of hydrogen-bond donors (Lipinski definition) is 0. The van der Waals surface area contributed by atoms with Crippen molar-refractivity contribution in [2.24, 2.45) is 5.92 Å². The molecule has 1 aliphatic carbocycles. The second kappa shape index (κ2) is 8.69. The number of alkyl halides is 2. The first-order chi connectivity index (χ1) is 13.0. The van der Waals surface area contributed by atoms with Gasteiger partial charge in [0.2, 0.25) is 0 Å². The summed E-state index contributed by atoms with van der Waals surface area (Å²) >= 11 is 0. The maximum absolute atomic E-state index is 14.5. The Bertz CT molecular complexity index is 726. The normalized spacial score (nSPS) is 20.3. The predicted octanol–water partition coefficient (Wildman–Crippen LogP) is 7.23. The van der Waals surface area contributed by atoms with E-state index in [1.807, 2.05) is 18.2 Å². The predicted molar refractivity (Wildman–Crippen MR) is 106 cm³/mol. The van der Waals surface area contributed by atoms with E-state index in [1.54, 1.807) is 24.3 Å². The van der Waals surface area contributed by atoms with Gasteiger partial charge >= 0.3 is 6.11 Å². The standard InChI is InChI=1S/C24H28F2O/c1-3-5-19-8-14-22(15-9-19)24(25,26)27-23-16-12-21(13-17-23)20-10-6-18(4-2)7-11-20/h4,8-9,12-18,20H,2-3,5-7,10-11H2,1H3. The number of ether oxygens (including phenoxy) is 1. The van der Waals surface area contributed by atoms with Gasteiger partial charge in [0.25, 0.3) is 0 Å². The molecule has 0 N–H and O–H groups in total. The highest BCUT2D eigenvalue weighted by Gasteiger charge is 2.34. The molecule has 1 saturated carbocycles. The molecule has 0 spiro atoms. The lowest BCUT2D eigenvalue weighted by Gasteiger charge is -2.27. The van der Waals surface area contributed by atoms with E-state index in [4.69, 9.17) is 4.74 Å². The molecule has 0 heterocycles. The highest BCUT2D eigenvalue weighted by Crippen LogP contribution is 2.37. The molecule has 0 bridgehead atoms.